The smallest absolute Gasteiger partial charge is 0.299 e. The lowest BCUT2D eigenvalue weighted by Gasteiger charge is -2.38. The average molecular weight is 1060 g/mol. The molecule has 0 radical (unpaired) electrons. The molecule has 0 unspecified atom stereocenters. The van der Waals surface area contributed by atoms with Gasteiger partial charge in [0, 0.05) is 118 Å². The van der Waals surface area contributed by atoms with Crippen LogP contribution in [0.3, 0.4) is 0 Å². The van der Waals surface area contributed by atoms with Gasteiger partial charge < -0.3 is 19.2 Å². The van der Waals surface area contributed by atoms with Crippen molar-refractivity contribution in [3.63, 3.8) is 0 Å². The van der Waals surface area contributed by atoms with Gasteiger partial charge in [-0.15, -0.1) is 42.0 Å². The molecule has 0 aromatic rings. The highest BCUT2D eigenvalue weighted by Crippen LogP contribution is 2.78. The van der Waals surface area contributed by atoms with Crippen LogP contribution in [-0.4, -0.2) is 160 Å². The third-order valence-corrected chi connectivity index (χ3v) is 35.2. The maximum atomic E-state index is 8.55. The first-order valence-corrected chi connectivity index (χ1v) is 34.7. The van der Waals surface area contributed by atoms with Gasteiger partial charge in [-0.25, -0.2) is 0 Å². The quantitative estimate of drug-likeness (QED) is 0.217. The van der Waals surface area contributed by atoms with E-state index in [1.807, 2.05) is 0 Å². The molecule has 9 rings (SSSR count). The Kier molecular flexibility index (Phi) is 19.6. The first-order valence-electron chi connectivity index (χ1n) is 22.2. The zero-order chi connectivity index (χ0) is 39.7. The molecule has 9 aliphatic rings. The minimum atomic E-state index is -5.39. The SMILES string of the molecule is Br[P+](N1CCCC1)(N1CCCC1)N1CCCC1.Br[P+](N1CCCC1)(N1CCCC1)N1CCCC1.Br[P+](N1CCCC1)(N1CCCC1)N1CCCC1.O=P([O-])([O-])[O-]. The lowest BCUT2D eigenvalue weighted by molar-refractivity contribution is -0.432. The van der Waals surface area contributed by atoms with Crippen molar-refractivity contribution < 1.29 is 19.2 Å². The molecule has 0 aliphatic carbocycles. The second-order valence-electron chi connectivity index (χ2n) is 16.9. The summed E-state index contributed by atoms with van der Waals surface area (Å²) in [6.45, 7) is 23.6. The van der Waals surface area contributed by atoms with Crippen molar-refractivity contribution in [1.29, 1.82) is 0 Å². The predicted octanol–water partition coefficient (Wildman–Crippen LogP) is 7.21. The highest BCUT2D eigenvalue weighted by atomic mass is 79.9. The van der Waals surface area contributed by atoms with Crippen LogP contribution in [0.25, 0.3) is 0 Å². The number of hydrogen-bond donors (Lipinski definition) is 0. The summed E-state index contributed by atoms with van der Waals surface area (Å²) in [4.78, 5) is 25.6. The van der Waals surface area contributed by atoms with Gasteiger partial charge in [0.25, 0.3) is 19.3 Å². The molecule has 0 N–H and O–H groups in total. The zero-order valence-corrected chi connectivity index (χ0v) is 42.4. The van der Waals surface area contributed by atoms with Crippen molar-refractivity contribution in [3.05, 3.63) is 0 Å². The Hall–Kier alpha value is 2.48. The van der Waals surface area contributed by atoms with Crippen molar-refractivity contribution in [3.8, 4) is 0 Å². The fourth-order valence-electron chi connectivity index (χ4n) is 10.2. The van der Waals surface area contributed by atoms with Crippen LogP contribution in [-0.2, 0) is 4.57 Å². The van der Waals surface area contributed by atoms with Crippen LogP contribution in [0.4, 0.5) is 0 Å². The lowest BCUT2D eigenvalue weighted by Crippen LogP contribution is -2.39. The van der Waals surface area contributed by atoms with Crippen molar-refractivity contribution in [2.45, 2.75) is 116 Å². The molecule has 0 aromatic carbocycles. The molecular weight excluding hydrogens is 986 g/mol. The van der Waals surface area contributed by atoms with E-state index in [9.17, 15) is 0 Å². The molecule has 9 aliphatic heterocycles. The van der Waals surface area contributed by atoms with Gasteiger partial charge in [0.15, 0.2) is 0 Å². The summed E-state index contributed by atoms with van der Waals surface area (Å²) >= 11 is 12.8. The van der Waals surface area contributed by atoms with Gasteiger partial charge in [-0.3, -0.25) is 0 Å². The second kappa shape index (κ2) is 22.9. The first kappa shape index (κ1) is 47.9. The molecule has 0 aromatic heterocycles. The molecule has 13 nitrogen and oxygen atoms in total. The maximum absolute atomic E-state index is 8.55. The largest absolute Gasteiger partial charge is 0.822 e. The maximum Gasteiger partial charge on any atom is 0.299 e. The minimum Gasteiger partial charge on any atom is -0.822 e. The number of phosphoric acid groups is 1. The van der Waals surface area contributed by atoms with Crippen LogP contribution in [0.1, 0.15) is 116 Å². The minimum absolute atomic E-state index is 1.30. The summed E-state index contributed by atoms with van der Waals surface area (Å²) in [5.74, 6) is 0. The Morgan fingerprint density at radius 1 is 0.268 bits per heavy atom. The Morgan fingerprint density at radius 2 is 0.339 bits per heavy atom. The summed E-state index contributed by atoms with van der Waals surface area (Å²) in [6.07, 6.45) is 21.3. The van der Waals surface area contributed by atoms with Crippen LogP contribution in [0.5, 0.6) is 0 Å². The van der Waals surface area contributed by atoms with Gasteiger partial charge in [0.2, 0.25) is 46.5 Å². The van der Waals surface area contributed by atoms with Crippen LogP contribution < -0.4 is 14.7 Å². The van der Waals surface area contributed by atoms with Crippen LogP contribution in [0.2, 0.25) is 0 Å². The van der Waals surface area contributed by atoms with Crippen molar-refractivity contribution in [2.75, 3.05) is 118 Å². The highest BCUT2D eigenvalue weighted by molar-refractivity contribution is 9.41. The van der Waals surface area contributed by atoms with Crippen molar-refractivity contribution in [1.82, 2.24) is 42.0 Å². The summed E-state index contributed by atoms with van der Waals surface area (Å²) in [5.41, 5.74) is 0. The Bertz CT molecular complexity index is 943. The van der Waals surface area contributed by atoms with Crippen LogP contribution in [0, 0.1) is 0 Å². The van der Waals surface area contributed by atoms with E-state index in [-0.39, 0.29) is 0 Å². The lowest BCUT2D eigenvalue weighted by atomic mass is 10.4. The number of nitrogens with zero attached hydrogens (tertiary/aromatic N) is 9. The molecule has 0 spiro atoms. The van der Waals surface area contributed by atoms with Gasteiger partial charge in [-0.05, 0) is 116 Å². The second-order valence-corrected chi connectivity index (χ2v) is 34.4. The number of halogens is 3. The van der Waals surface area contributed by atoms with E-state index < -0.39 is 27.1 Å². The van der Waals surface area contributed by atoms with Gasteiger partial charge in [-0.2, -0.15) is 7.82 Å². The molecule has 0 bridgehead atoms. The fourth-order valence-corrected chi connectivity index (χ4v) is 29.1. The van der Waals surface area contributed by atoms with Crippen LogP contribution in [0.15, 0.2) is 0 Å². The summed E-state index contributed by atoms with van der Waals surface area (Å²) in [6, 6.07) is 0. The van der Waals surface area contributed by atoms with Gasteiger partial charge in [-0.1, -0.05) is 0 Å². The topological polar surface area (TPSA) is 115 Å². The van der Waals surface area contributed by atoms with Gasteiger partial charge in [0.1, 0.15) is 0 Å². The zero-order valence-electron chi connectivity index (χ0n) is 34.0. The monoisotopic (exact) mass is 1060 g/mol. The molecule has 9 heterocycles. The van der Waals surface area contributed by atoms with E-state index in [0.717, 1.165) is 0 Å². The Morgan fingerprint density at radius 3 is 0.411 bits per heavy atom. The molecule has 0 amide bonds. The van der Waals surface area contributed by atoms with Gasteiger partial charge in [0.05, 0.1) is 0 Å². The van der Waals surface area contributed by atoms with E-state index in [0.29, 0.717) is 0 Å². The van der Waals surface area contributed by atoms with Crippen molar-refractivity contribution in [2.24, 2.45) is 0 Å². The standard InChI is InChI=1S/3C12H24BrN3P.H3O4P/c3*13-17(14-7-1-2-8-14,15-9-3-4-10-15)16-11-5-6-12-16;1-5(2,3)4/h3*1-12H2;(H3,1,2,3,4)/q3*+1;/p-3. The first-order chi connectivity index (χ1) is 26.9. The van der Waals surface area contributed by atoms with E-state index in [1.54, 1.807) is 0 Å². The summed E-state index contributed by atoms with van der Waals surface area (Å²) < 4.78 is 33.6. The Labute approximate surface area is 365 Å². The van der Waals surface area contributed by atoms with E-state index in [4.69, 9.17) is 19.2 Å². The van der Waals surface area contributed by atoms with Gasteiger partial charge >= 0.3 is 0 Å². The normalized spacial score (nSPS) is 27.9. The fraction of sp³-hybridized carbons (Fsp3) is 1.00. The van der Waals surface area contributed by atoms with E-state index in [2.05, 4.69) is 88.5 Å². The Balaban J connectivity index is 0.000000134. The molecule has 56 heavy (non-hydrogen) atoms. The molecular formula is C36H72Br3N9O4P4. The highest BCUT2D eigenvalue weighted by Gasteiger charge is 2.59. The third-order valence-electron chi connectivity index (χ3n) is 13.0. The van der Waals surface area contributed by atoms with Crippen LogP contribution >= 0.6 is 73.5 Å². The number of hydrogen-bond acceptors (Lipinski definition) is 13. The molecule has 9 saturated heterocycles. The van der Waals surface area contributed by atoms with E-state index in [1.165, 1.54) is 233 Å². The van der Waals surface area contributed by atoms with Crippen molar-refractivity contribution >= 4 is 73.5 Å². The summed E-state index contributed by atoms with van der Waals surface area (Å²) in [7, 11) is -5.39. The third kappa shape index (κ3) is 12.2. The molecule has 9 fully saturated rings. The predicted molar refractivity (Wildman–Crippen MR) is 242 cm³/mol. The molecule has 20 heteroatoms. The average Bonchev–Trinajstić information content (AvgIpc) is 4.04. The molecule has 0 saturated carbocycles. The molecule has 326 valence electrons. The van der Waals surface area contributed by atoms with E-state index >= 15 is 0 Å². The molecule has 0 atom stereocenters. The number of rotatable bonds is 9. The summed E-state index contributed by atoms with van der Waals surface area (Å²) in [5, 5.41) is 0.